The molecule has 154 valence electrons. The van der Waals surface area contributed by atoms with Crippen molar-refractivity contribution >= 4 is 33.3 Å². The smallest absolute Gasteiger partial charge is 0.267 e. The Balaban J connectivity index is 1.86. The topological polar surface area (TPSA) is 47.4 Å². The first-order chi connectivity index (χ1) is 14.1. The van der Waals surface area contributed by atoms with Crippen LogP contribution < -0.4 is 10.3 Å². The quantitative estimate of drug-likeness (QED) is 0.309. The normalized spacial score (nSPS) is 14.3. The van der Waals surface area contributed by atoms with Crippen LogP contribution in [0.3, 0.4) is 0 Å². The molecular formula is C22H27N3O2S2. The lowest BCUT2D eigenvalue weighted by atomic mass is 10.1. The lowest BCUT2D eigenvalue weighted by Gasteiger charge is -2.21. The highest BCUT2D eigenvalue weighted by atomic mass is 32.2. The molecule has 29 heavy (non-hydrogen) atoms. The van der Waals surface area contributed by atoms with E-state index >= 15 is 0 Å². The molecule has 0 atom stereocenters. The molecule has 0 amide bonds. The number of likely N-dealkylation sites (N-methyl/N-ethyl adjacent to an activating group) is 1. The number of benzene rings is 1. The van der Waals surface area contributed by atoms with Crippen LogP contribution in [-0.4, -0.2) is 40.4 Å². The summed E-state index contributed by atoms with van der Waals surface area (Å²) in [5, 5.41) is 1.60. The predicted octanol–water partition coefficient (Wildman–Crippen LogP) is 4.73. The van der Waals surface area contributed by atoms with Gasteiger partial charge in [0.25, 0.3) is 5.56 Å². The summed E-state index contributed by atoms with van der Waals surface area (Å²) < 4.78 is 7.36. The molecule has 1 aliphatic rings. The number of unbranched alkanes of at least 4 members (excludes halogenated alkanes) is 1. The van der Waals surface area contributed by atoms with Crippen molar-refractivity contribution in [3.05, 3.63) is 45.1 Å². The largest absolute Gasteiger partial charge is 0.494 e. The van der Waals surface area contributed by atoms with Gasteiger partial charge in [-0.2, -0.15) is 0 Å². The average Bonchev–Trinajstić information content (AvgIpc) is 3.07. The molecule has 5 nitrogen and oxygen atoms in total. The predicted molar refractivity (Wildman–Crippen MR) is 122 cm³/mol. The number of ether oxygens (including phenoxy) is 1. The maximum absolute atomic E-state index is 13.7. The Morgan fingerprint density at radius 3 is 2.76 bits per heavy atom. The molecule has 2 aromatic heterocycles. The maximum atomic E-state index is 13.7. The van der Waals surface area contributed by atoms with Crippen LogP contribution in [-0.2, 0) is 13.0 Å². The second kappa shape index (κ2) is 8.90. The molecule has 0 spiro atoms. The van der Waals surface area contributed by atoms with E-state index in [1.165, 1.54) is 10.4 Å². The molecule has 4 rings (SSSR count). The van der Waals surface area contributed by atoms with Gasteiger partial charge in [-0.25, -0.2) is 4.98 Å². The van der Waals surface area contributed by atoms with Crippen LogP contribution in [0.5, 0.6) is 5.75 Å². The highest BCUT2D eigenvalue weighted by molar-refractivity contribution is 7.99. The van der Waals surface area contributed by atoms with E-state index < -0.39 is 0 Å². The van der Waals surface area contributed by atoms with Gasteiger partial charge in [0, 0.05) is 23.7 Å². The summed E-state index contributed by atoms with van der Waals surface area (Å²) in [5.41, 5.74) is 2.10. The second-order valence-corrected chi connectivity index (χ2v) is 9.48. The minimum atomic E-state index is 0.0558. The van der Waals surface area contributed by atoms with Crippen molar-refractivity contribution in [1.29, 1.82) is 0 Å². The first kappa shape index (κ1) is 20.4. The lowest BCUT2D eigenvalue weighted by Crippen LogP contribution is -2.27. The molecule has 0 aliphatic carbocycles. The Bertz CT molecular complexity index is 1060. The molecule has 0 unspecified atom stereocenters. The molecule has 0 saturated heterocycles. The molecule has 1 aromatic carbocycles. The first-order valence-electron chi connectivity index (χ1n) is 10.2. The number of hydrogen-bond acceptors (Lipinski definition) is 6. The summed E-state index contributed by atoms with van der Waals surface area (Å²) >= 11 is 3.36. The zero-order valence-corrected chi connectivity index (χ0v) is 18.9. The third-order valence-corrected chi connectivity index (χ3v) is 7.31. The van der Waals surface area contributed by atoms with Gasteiger partial charge in [0.1, 0.15) is 10.6 Å². The van der Waals surface area contributed by atoms with Crippen LogP contribution in [0.4, 0.5) is 0 Å². The fourth-order valence-corrected chi connectivity index (χ4v) is 6.08. The van der Waals surface area contributed by atoms with E-state index in [2.05, 4.69) is 18.9 Å². The molecule has 0 fully saturated rings. The number of thiophene rings is 1. The van der Waals surface area contributed by atoms with Gasteiger partial charge >= 0.3 is 0 Å². The molecule has 0 bridgehead atoms. The SMILES string of the molecule is CCCCSc1nc2sc3c(c2c(=O)n1-c1ccc(OCC)cc1)CCN(C)C3. The highest BCUT2D eigenvalue weighted by Crippen LogP contribution is 2.34. The minimum Gasteiger partial charge on any atom is -0.494 e. The van der Waals surface area contributed by atoms with Crippen LogP contribution in [0.1, 0.15) is 37.1 Å². The third-order valence-electron chi connectivity index (χ3n) is 5.17. The monoisotopic (exact) mass is 429 g/mol. The number of thioether (sulfide) groups is 1. The fourth-order valence-electron chi connectivity index (χ4n) is 3.64. The van der Waals surface area contributed by atoms with E-state index in [4.69, 9.17) is 9.72 Å². The fraction of sp³-hybridized carbons (Fsp3) is 0.455. The number of fused-ring (bicyclic) bond motifs is 3. The molecule has 7 heteroatoms. The van der Waals surface area contributed by atoms with E-state index in [1.54, 1.807) is 27.7 Å². The summed E-state index contributed by atoms with van der Waals surface area (Å²) in [6.07, 6.45) is 3.14. The van der Waals surface area contributed by atoms with E-state index in [0.29, 0.717) is 6.61 Å². The van der Waals surface area contributed by atoms with Gasteiger partial charge in [0.2, 0.25) is 0 Å². The van der Waals surface area contributed by atoms with E-state index in [9.17, 15) is 4.79 Å². The van der Waals surface area contributed by atoms with Crippen LogP contribution >= 0.6 is 23.1 Å². The standard InChI is InChI=1S/C22H27N3O2S2/c1-4-6-13-28-22-23-20-19(17-11-12-24(3)14-18(17)29-20)21(26)25(22)15-7-9-16(10-8-15)27-5-2/h7-10H,4-6,11-14H2,1-3H3. The Hall–Kier alpha value is -1.83. The van der Waals surface area contributed by atoms with Crippen LogP contribution in [0.25, 0.3) is 15.9 Å². The van der Waals surface area contributed by atoms with E-state index in [-0.39, 0.29) is 5.56 Å². The summed E-state index contributed by atoms with van der Waals surface area (Å²) in [6, 6.07) is 7.76. The van der Waals surface area contributed by atoms with Gasteiger partial charge < -0.3 is 9.64 Å². The van der Waals surface area contributed by atoms with Gasteiger partial charge in [0.15, 0.2) is 5.16 Å². The van der Waals surface area contributed by atoms with E-state index in [0.717, 1.165) is 64.9 Å². The number of aromatic nitrogens is 2. The van der Waals surface area contributed by atoms with Crippen LogP contribution in [0.15, 0.2) is 34.2 Å². The van der Waals surface area contributed by atoms with Crippen molar-refractivity contribution in [2.45, 2.75) is 44.8 Å². The molecule has 0 radical (unpaired) electrons. The highest BCUT2D eigenvalue weighted by Gasteiger charge is 2.24. The summed E-state index contributed by atoms with van der Waals surface area (Å²) in [5.74, 6) is 1.77. The van der Waals surface area contributed by atoms with Crippen LogP contribution in [0.2, 0.25) is 0 Å². The number of rotatable bonds is 7. The summed E-state index contributed by atoms with van der Waals surface area (Å²) in [7, 11) is 2.13. The molecular weight excluding hydrogens is 402 g/mol. The Labute approximate surface area is 179 Å². The number of hydrogen-bond donors (Lipinski definition) is 0. The minimum absolute atomic E-state index is 0.0558. The lowest BCUT2D eigenvalue weighted by molar-refractivity contribution is 0.318. The molecule has 0 N–H and O–H groups in total. The molecule has 3 aromatic rings. The molecule has 0 saturated carbocycles. The molecule has 3 heterocycles. The molecule has 1 aliphatic heterocycles. The van der Waals surface area contributed by atoms with Crippen molar-refractivity contribution in [1.82, 2.24) is 14.5 Å². The maximum Gasteiger partial charge on any atom is 0.267 e. The summed E-state index contributed by atoms with van der Waals surface area (Å²) in [4.78, 5) is 23.1. The van der Waals surface area contributed by atoms with E-state index in [1.807, 2.05) is 31.2 Å². The van der Waals surface area contributed by atoms with Crippen molar-refractivity contribution in [3.8, 4) is 11.4 Å². The van der Waals surface area contributed by atoms with Crippen molar-refractivity contribution < 1.29 is 4.74 Å². The van der Waals surface area contributed by atoms with Gasteiger partial charge in [-0.05, 0) is 56.6 Å². The zero-order valence-electron chi connectivity index (χ0n) is 17.2. The third kappa shape index (κ3) is 4.09. The van der Waals surface area contributed by atoms with Crippen molar-refractivity contribution in [2.75, 3.05) is 26.0 Å². The van der Waals surface area contributed by atoms with Gasteiger partial charge in [-0.3, -0.25) is 9.36 Å². The van der Waals surface area contributed by atoms with Gasteiger partial charge in [-0.1, -0.05) is 25.1 Å². The summed E-state index contributed by atoms with van der Waals surface area (Å²) in [6.45, 7) is 6.66. The number of nitrogens with zero attached hydrogens (tertiary/aromatic N) is 3. The zero-order chi connectivity index (χ0) is 20.4. The van der Waals surface area contributed by atoms with Crippen LogP contribution in [0, 0.1) is 0 Å². The Morgan fingerprint density at radius 2 is 2.03 bits per heavy atom. The second-order valence-electron chi connectivity index (χ2n) is 7.34. The Morgan fingerprint density at radius 1 is 1.24 bits per heavy atom. The first-order valence-corrected chi connectivity index (χ1v) is 12.0. The van der Waals surface area contributed by atoms with Gasteiger partial charge in [0.05, 0.1) is 17.7 Å². The van der Waals surface area contributed by atoms with Gasteiger partial charge in [-0.15, -0.1) is 11.3 Å². The average molecular weight is 430 g/mol. The van der Waals surface area contributed by atoms with Crippen molar-refractivity contribution in [3.63, 3.8) is 0 Å². The Kier molecular flexibility index (Phi) is 6.27. The van der Waals surface area contributed by atoms with Crippen molar-refractivity contribution in [2.24, 2.45) is 0 Å².